The zero-order chi connectivity index (χ0) is 67.1. The first-order valence-electron chi connectivity index (χ1n) is 31.3. The molecule has 18 nitrogen and oxygen atoms in total. The van der Waals surface area contributed by atoms with Crippen LogP contribution in [0.1, 0.15) is 147 Å². The number of ether oxygens (including phenoxy) is 8. The number of methoxy groups -OCH3 is 6. The summed E-state index contributed by atoms with van der Waals surface area (Å²) in [5.74, 6) is -4.46. The number of rotatable bonds is 17. The molecule has 2 spiro atoms. The quantitative estimate of drug-likeness (QED) is 0.0380. The van der Waals surface area contributed by atoms with Crippen LogP contribution in [0.4, 0.5) is 38.5 Å². The standard InChI is InChI=1S/C35H45F2N3O6.C24H32F2N2O3.C11H15NO3/c1-22-16-29(44-6)26(24-10-13-40(30(22)24)32(42)46-33(2,3)4)19-39-14-11-34(20-35(36,37)21-34)18-28(39)25-9-8-23(31(41)45-7)17-27(25)38-12-15-43-5;1-16-12-19(30-5)18(13-27-10-7-23(8-11-27)14-24(25,26)15-23)17-6-9-28(20(16)17)21(29)31-22(2,3)4;1-14-7-6-12-10-5-3-4-9(8-10)11(13)15-2/h8-10,13,16-17,28,38H,11-12,14-15,18-21H2,1-7H3;6,9,12H,7-8,10-11,13-15H2,1-5H3;3-5,8,12H,6-7H2,1-2H3/t28-;;/m1../s1. The molecule has 2 saturated heterocycles. The minimum absolute atomic E-state index is 0.0324. The number of nitrogens with one attached hydrogen (secondary N) is 2. The first-order valence-corrected chi connectivity index (χ1v) is 31.3. The molecule has 1 atom stereocenters. The van der Waals surface area contributed by atoms with Crippen LogP contribution in [0.2, 0.25) is 0 Å². The Morgan fingerprint density at radius 3 is 1.53 bits per heavy atom. The molecule has 502 valence electrons. The third-order valence-corrected chi connectivity index (χ3v) is 17.6. The predicted molar refractivity (Wildman–Crippen MR) is 346 cm³/mol. The number of fused-ring (bicyclic) bond motifs is 2. The van der Waals surface area contributed by atoms with Gasteiger partial charge in [-0.25, -0.2) is 36.7 Å². The maximum Gasteiger partial charge on any atom is 0.419 e. The Kier molecular flexibility index (Phi) is 22.1. The normalized spacial score (nSPS) is 18.1. The van der Waals surface area contributed by atoms with Crippen LogP contribution in [-0.2, 0) is 41.5 Å². The van der Waals surface area contributed by atoms with Crippen LogP contribution in [-0.4, -0.2) is 155 Å². The number of nitrogens with zero attached hydrogens (tertiary/aromatic N) is 4. The highest BCUT2D eigenvalue weighted by Crippen LogP contribution is 2.61. The van der Waals surface area contributed by atoms with Gasteiger partial charge in [-0.05, 0) is 183 Å². The number of alkyl halides is 4. The number of carbonyl (C=O) groups is 4. The predicted octanol–water partition coefficient (Wildman–Crippen LogP) is 14.6. The Hall–Kier alpha value is -7.40. The van der Waals surface area contributed by atoms with Gasteiger partial charge in [-0.15, -0.1) is 0 Å². The van der Waals surface area contributed by atoms with Gasteiger partial charge >= 0.3 is 24.1 Å². The largest absolute Gasteiger partial charge is 0.496 e. The molecule has 4 aliphatic rings. The summed E-state index contributed by atoms with van der Waals surface area (Å²) in [7, 11) is 9.24. The molecule has 4 aromatic carbocycles. The first kappa shape index (κ1) is 70.5. The van der Waals surface area contributed by atoms with Crippen molar-refractivity contribution in [1.82, 2.24) is 18.9 Å². The fourth-order valence-corrected chi connectivity index (χ4v) is 13.5. The summed E-state index contributed by atoms with van der Waals surface area (Å²) < 4.78 is 101. The Morgan fingerprint density at radius 2 is 1.05 bits per heavy atom. The highest BCUT2D eigenvalue weighted by molar-refractivity contribution is 5.96. The van der Waals surface area contributed by atoms with Gasteiger partial charge in [0.1, 0.15) is 22.7 Å². The molecule has 2 aromatic heterocycles. The molecular formula is C70H92F4N6O12. The SMILES string of the molecule is COCCNc1cc(C(=O)OC)ccc1[C@H]1CC2(CCN1Cc1c(OC)cc(C)c3c1ccn3C(=O)OC(C)(C)C)CC(F)(F)C2.COCCNc1cccc(C(=O)OC)c1.COc1cc(C)c2c(ccn2C(=O)OC(C)(C)C)c1CN1CCC2(CC1)CC(F)(F)C2. The lowest BCUT2D eigenvalue weighted by atomic mass is 9.58. The number of benzene rings is 4. The Bertz CT molecular complexity index is 3580. The van der Waals surface area contributed by atoms with Gasteiger partial charge in [0.25, 0.3) is 0 Å². The molecule has 0 bridgehead atoms. The highest BCUT2D eigenvalue weighted by Gasteiger charge is 2.59. The molecule has 22 heteroatoms. The zero-order valence-electron chi connectivity index (χ0n) is 55.8. The van der Waals surface area contributed by atoms with Crippen molar-refractivity contribution in [3.05, 3.63) is 118 Å². The second kappa shape index (κ2) is 28.9. The second-order valence-corrected chi connectivity index (χ2v) is 26.9. The molecule has 2 saturated carbocycles. The third kappa shape index (κ3) is 16.9. The van der Waals surface area contributed by atoms with Gasteiger partial charge < -0.3 is 48.5 Å². The maximum atomic E-state index is 14.3. The fraction of sp³-hybridized carbons (Fsp3) is 0.543. The van der Waals surface area contributed by atoms with E-state index < -0.39 is 46.6 Å². The van der Waals surface area contributed by atoms with Crippen molar-refractivity contribution >= 4 is 57.3 Å². The van der Waals surface area contributed by atoms with Crippen LogP contribution in [0, 0.1) is 24.7 Å². The molecule has 4 heterocycles. The maximum absolute atomic E-state index is 14.3. The van der Waals surface area contributed by atoms with E-state index in [1.54, 1.807) is 75.7 Å². The van der Waals surface area contributed by atoms with E-state index in [2.05, 4.69) is 25.2 Å². The van der Waals surface area contributed by atoms with Crippen molar-refractivity contribution in [2.75, 3.05) is 99.2 Å². The van der Waals surface area contributed by atoms with Crippen LogP contribution >= 0.6 is 0 Å². The van der Waals surface area contributed by atoms with E-state index in [4.69, 9.17) is 33.2 Å². The molecule has 0 radical (unpaired) electrons. The number of aryl methyl sites for hydroxylation is 2. The average molecular weight is 1290 g/mol. The number of piperidine rings is 2. The zero-order valence-corrected chi connectivity index (χ0v) is 55.8. The van der Waals surface area contributed by atoms with Crippen LogP contribution < -0.4 is 20.1 Å². The lowest BCUT2D eigenvalue weighted by Crippen LogP contribution is -2.53. The molecule has 4 fully saturated rings. The Balaban J connectivity index is 0.000000202. The van der Waals surface area contributed by atoms with Crippen molar-refractivity contribution in [1.29, 1.82) is 0 Å². The van der Waals surface area contributed by atoms with Crippen molar-refractivity contribution in [3.63, 3.8) is 0 Å². The minimum Gasteiger partial charge on any atom is -0.496 e. The minimum atomic E-state index is -2.65. The molecular weight excluding hydrogens is 1190 g/mol. The fourth-order valence-electron chi connectivity index (χ4n) is 13.5. The highest BCUT2D eigenvalue weighted by atomic mass is 19.3. The summed E-state index contributed by atoms with van der Waals surface area (Å²) in [5.41, 5.74) is 6.82. The lowest BCUT2D eigenvalue weighted by molar-refractivity contribution is -0.186. The molecule has 2 aliphatic carbocycles. The topological polar surface area (TPSA) is 183 Å². The first-order chi connectivity index (χ1) is 43.4. The van der Waals surface area contributed by atoms with Crippen LogP contribution in [0.3, 0.4) is 0 Å². The molecule has 0 unspecified atom stereocenters. The van der Waals surface area contributed by atoms with Crippen molar-refractivity contribution < 1.29 is 74.6 Å². The van der Waals surface area contributed by atoms with Gasteiger partial charge in [-0.3, -0.25) is 18.9 Å². The number of carbonyl (C=O) groups excluding carboxylic acids is 4. The number of aromatic nitrogens is 2. The lowest BCUT2D eigenvalue weighted by Gasteiger charge is -2.55. The summed E-state index contributed by atoms with van der Waals surface area (Å²) in [6, 6.07) is 20.0. The Labute approximate surface area is 537 Å². The smallest absolute Gasteiger partial charge is 0.419 e. The van der Waals surface area contributed by atoms with Gasteiger partial charge in [-0.1, -0.05) is 12.1 Å². The van der Waals surface area contributed by atoms with Gasteiger partial charge in [0.15, 0.2) is 0 Å². The second-order valence-electron chi connectivity index (χ2n) is 26.9. The summed E-state index contributed by atoms with van der Waals surface area (Å²) in [6.45, 7) is 20.5. The van der Waals surface area contributed by atoms with E-state index in [0.717, 1.165) is 92.7 Å². The molecule has 10 rings (SSSR count). The molecule has 2 aliphatic heterocycles. The van der Waals surface area contributed by atoms with Gasteiger partial charge in [0.05, 0.1) is 63.8 Å². The van der Waals surface area contributed by atoms with E-state index in [1.165, 1.54) is 18.8 Å². The number of likely N-dealkylation sites (tertiary alicyclic amines) is 2. The van der Waals surface area contributed by atoms with Crippen LogP contribution in [0.25, 0.3) is 21.8 Å². The van der Waals surface area contributed by atoms with Gasteiger partial charge in [0, 0.05) is 118 Å². The van der Waals surface area contributed by atoms with Crippen molar-refractivity contribution in [2.24, 2.45) is 10.8 Å². The Morgan fingerprint density at radius 1 is 0.576 bits per heavy atom. The van der Waals surface area contributed by atoms with Crippen molar-refractivity contribution in [2.45, 2.75) is 149 Å². The van der Waals surface area contributed by atoms with E-state index in [0.29, 0.717) is 75.7 Å². The summed E-state index contributed by atoms with van der Waals surface area (Å²) in [5, 5.41) is 8.35. The van der Waals surface area contributed by atoms with E-state index in [1.807, 2.05) is 91.8 Å². The third-order valence-electron chi connectivity index (χ3n) is 17.6. The number of esters is 2. The average Bonchev–Trinajstić information content (AvgIpc) is 1.25. The monoisotopic (exact) mass is 1280 g/mol. The molecule has 92 heavy (non-hydrogen) atoms. The number of anilines is 2. The molecule has 6 aromatic rings. The summed E-state index contributed by atoms with van der Waals surface area (Å²) in [6.07, 6.45) is 5.18. The summed E-state index contributed by atoms with van der Waals surface area (Å²) in [4.78, 5) is 54.2. The van der Waals surface area contributed by atoms with Crippen LogP contribution in [0.15, 0.2) is 79.1 Å². The molecule has 2 N–H and O–H groups in total. The van der Waals surface area contributed by atoms with E-state index >= 15 is 0 Å². The van der Waals surface area contributed by atoms with Crippen LogP contribution in [0.5, 0.6) is 11.5 Å². The molecule has 0 amide bonds. The van der Waals surface area contributed by atoms with E-state index in [9.17, 15) is 36.7 Å². The van der Waals surface area contributed by atoms with Crippen molar-refractivity contribution in [3.8, 4) is 11.5 Å². The summed E-state index contributed by atoms with van der Waals surface area (Å²) >= 11 is 0. The van der Waals surface area contributed by atoms with Gasteiger partial charge in [0.2, 0.25) is 11.8 Å². The number of hydrogen-bond donors (Lipinski definition) is 2. The van der Waals surface area contributed by atoms with Gasteiger partial charge in [-0.2, -0.15) is 0 Å². The van der Waals surface area contributed by atoms with E-state index in [-0.39, 0.29) is 43.1 Å². The number of hydrogen-bond acceptors (Lipinski definition) is 16. The number of halogens is 4.